The maximum Gasteiger partial charge on any atom is 0.234 e. The molecule has 0 spiro atoms. The molecule has 0 fully saturated rings. The highest BCUT2D eigenvalue weighted by Gasteiger charge is 2.20. The van der Waals surface area contributed by atoms with Crippen LogP contribution < -0.4 is 5.32 Å². The Morgan fingerprint density at radius 2 is 1.78 bits per heavy atom. The van der Waals surface area contributed by atoms with Gasteiger partial charge in [0.1, 0.15) is 11.5 Å². The molecule has 3 aromatic carbocycles. The first-order valence-corrected chi connectivity index (χ1v) is 11.5. The number of aromatic hydroxyl groups is 2. The molecule has 0 atom stereocenters. The van der Waals surface area contributed by atoms with Crippen LogP contribution in [0.15, 0.2) is 76.4 Å². The van der Waals surface area contributed by atoms with Crippen LogP contribution in [0.2, 0.25) is 5.02 Å². The highest BCUT2D eigenvalue weighted by molar-refractivity contribution is 9.10. The number of amides is 1. The van der Waals surface area contributed by atoms with Crippen LogP contribution in [0.25, 0.3) is 17.1 Å². The van der Waals surface area contributed by atoms with Gasteiger partial charge in [-0.05, 0) is 48.5 Å². The lowest BCUT2D eigenvalue weighted by Gasteiger charge is -2.12. The second-order valence-electron chi connectivity index (χ2n) is 6.64. The first-order valence-electron chi connectivity index (χ1n) is 9.33. The number of aromatic nitrogens is 3. The molecule has 0 radical (unpaired) electrons. The number of phenolic OH excluding ortho intramolecular Hbond substituents is 2. The zero-order valence-electron chi connectivity index (χ0n) is 16.4. The Kier molecular flexibility index (Phi) is 6.69. The molecule has 0 aliphatic rings. The Morgan fingerprint density at radius 1 is 1.03 bits per heavy atom. The lowest BCUT2D eigenvalue weighted by atomic mass is 10.2. The van der Waals surface area contributed by atoms with E-state index in [2.05, 4.69) is 31.4 Å². The number of para-hydroxylation sites is 1. The molecule has 3 N–H and O–H groups in total. The Morgan fingerprint density at radius 3 is 2.56 bits per heavy atom. The summed E-state index contributed by atoms with van der Waals surface area (Å²) in [5.74, 6) is 0.0880. The molecule has 32 heavy (non-hydrogen) atoms. The second kappa shape index (κ2) is 9.64. The monoisotopic (exact) mass is 530 g/mol. The molecular formula is C22H16BrClN4O3S. The third-order valence-electron chi connectivity index (χ3n) is 4.41. The van der Waals surface area contributed by atoms with Crippen molar-refractivity contribution in [3.05, 3.63) is 76.2 Å². The molecule has 0 bridgehead atoms. The Labute approximate surface area is 201 Å². The van der Waals surface area contributed by atoms with Crippen LogP contribution in [-0.4, -0.2) is 36.6 Å². The fourth-order valence-electron chi connectivity index (χ4n) is 2.96. The number of hydrogen-bond donors (Lipinski definition) is 3. The van der Waals surface area contributed by atoms with E-state index in [0.29, 0.717) is 21.6 Å². The SMILES string of the molecule is O=C(CSc1nnc(-c2cc(Br)ccc2O)n1-c1ccccc1)Nc1cc(Cl)ccc1O. The smallest absolute Gasteiger partial charge is 0.234 e. The Balaban J connectivity index is 1.63. The van der Waals surface area contributed by atoms with Gasteiger partial charge in [-0.1, -0.05) is 57.5 Å². The van der Waals surface area contributed by atoms with Gasteiger partial charge in [-0.3, -0.25) is 9.36 Å². The average Bonchev–Trinajstić information content (AvgIpc) is 3.21. The standard InChI is InChI=1S/C22H16BrClN4O3S/c23-13-6-8-18(29)16(10-13)21-26-27-22(28(21)15-4-2-1-3-5-15)32-12-20(31)25-17-11-14(24)7-9-19(17)30/h1-11,29-30H,12H2,(H,25,31). The highest BCUT2D eigenvalue weighted by atomic mass is 79.9. The van der Waals surface area contributed by atoms with Crippen molar-refractivity contribution in [3.8, 4) is 28.6 Å². The molecular weight excluding hydrogens is 516 g/mol. The van der Waals surface area contributed by atoms with Gasteiger partial charge in [0.25, 0.3) is 0 Å². The largest absolute Gasteiger partial charge is 0.507 e. The van der Waals surface area contributed by atoms with Crippen LogP contribution >= 0.6 is 39.3 Å². The van der Waals surface area contributed by atoms with Gasteiger partial charge in [-0.15, -0.1) is 10.2 Å². The number of anilines is 1. The fraction of sp³-hybridized carbons (Fsp3) is 0.0455. The van der Waals surface area contributed by atoms with E-state index < -0.39 is 0 Å². The molecule has 7 nitrogen and oxygen atoms in total. The summed E-state index contributed by atoms with van der Waals surface area (Å²) in [5, 5.41) is 32.3. The minimum Gasteiger partial charge on any atom is -0.507 e. The van der Waals surface area contributed by atoms with Gasteiger partial charge in [-0.25, -0.2) is 0 Å². The summed E-state index contributed by atoms with van der Waals surface area (Å²) in [6.07, 6.45) is 0. The zero-order chi connectivity index (χ0) is 22.7. The van der Waals surface area contributed by atoms with Gasteiger partial charge in [0, 0.05) is 15.2 Å². The number of nitrogens with zero attached hydrogens (tertiary/aromatic N) is 3. The topological polar surface area (TPSA) is 100 Å². The molecule has 0 aliphatic heterocycles. The van der Waals surface area contributed by atoms with Crippen molar-refractivity contribution in [3.63, 3.8) is 0 Å². The van der Waals surface area contributed by atoms with E-state index in [9.17, 15) is 15.0 Å². The summed E-state index contributed by atoms with van der Waals surface area (Å²) in [7, 11) is 0. The number of hydrogen-bond acceptors (Lipinski definition) is 6. The third kappa shape index (κ3) is 4.90. The summed E-state index contributed by atoms with van der Waals surface area (Å²) in [5.41, 5.74) is 1.51. The van der Waals surface area contributed by atoms with Crippen molar-refractivity contribution < 1.29 is 15.0 Å². The summed E-state index contributed by atoms with van der Waals surface area (Å²) in [4.78, 5) is 12.5. The van der Waals surface area contributed by atoms with Gasteiger partial charge in [0.2, 0.25) is 5.91 Å². The molecule has 1 aromatic heterocycles. The van der Waals surface area contributed by atoms with Gasteiger partial charge in [0.15, 0.2) is 11.0 Å². The van der Waals surface area contributed by atoms with Crippen molar-refractivity contribution in [2.75, 3.05) is 11.1 Å². The molecule has 1 heterocycles. The van der Waals surface area contributed by atoms with Crippen molar-refractivity contribution >= 4 is 50.9 Å². The van der Waals surface area contributed by atoms with Gasteiger partial charge >= 0.3 is 0 Å². The summed E-state index contributed by atoms with van der Waals surface area (Å²) < 4.78 is 2.55. The summed E-state index contributed by atoms with van der Waals surface area (Å²) in [6.45, 7) is 0. The molecule has 4 rings (SSSR count). The van der Waals surface area contributed by atoms with E-state index in [4.69, 9.17) is 11.6 Å². The number of halogens is 2. The van der Waals surface area contributed by atoms with Crippen LogP contribution in [0.1, 0.15) is 0 Å². The zero-order valence-corrected chi connectivity index (χ0v) is 19.5. The molecule has 4 aromatic rings. The first kappa shape index (κ1) is 22.2. The maximum absolute atomic E-state index is 12.5. The van der Waals surface area contributed by atoms with Crippen LogP contribution in [0.5, 0.6) is 11.5 Å². The van der Waals surface area contributed by atoms with Gasteiger partial charge < -0.3 is 15.5 Å². The number of benzene rings is 3. The predicted molar refractivity (Wildman–Crippen MR) is 129 cm³/mol. The summed E-state index contributed by atoms with van der Waals surface area (Å²) >= 11 is 10.5. The third-order valence-corrected chi connectivity index (χ3v) is 6.07. The molecule has 10 heteroatoms. The number of thioether (sulfide) groups is 1. The highest BCUT2D eigenvalue weighted by Crippen LogP contribution is 2.35. The fourth-order valence-corrected chi connectivity index (χ4v) is 4.24. The van der Waals surface area contributed by atoms with E-state index in [1.165, 1.54) is 30.0 Å². The number of rotatable bonds is 6. The van der Waals surface area contributed by atoms with Crippen molar-refractivity contribution in [1.29, 1.82) is 0 Å². The van der Waals surface area contributed by atoms with Gasteiger partial charge in [-0.2, -0.15) is 0 Å². The van der Waals surface area contributed by atoms with E-state index in [0.717, 1.165) is 10.2 Å². The minimum absolute atomic E-state index is 0.0153. The predicted octanol–water partition coefficient (Wildman–Crippen LogP) is 5.49. The van der Waals surface area contributed by atoms with Crippen molar-refractivity contribution in [2.24, 2.45) is 0 Å². The van der Waals surface area contributed by atoms with Crippen LogP contribution in [-0.2, 0) is 4.79 Å². The molecule has 0 saturated heterocycles. The van der Waals surface area contributed by atoms with Crippen LogP contribution in [0.3, 0.4) is 0 Å². The van der Waals surface area contributed by atoms with E-state index in [-0.39, 0.29) is 28.8 Å². The molecule has 162 valence electrons. The van der Waals surface area contributed by atoms with Crippen molar-refractivity contribution in [1.82, 2.24) is 14.8 Å². The Hall–Kier alpha value is -3.01. The van der Waals surface area contributed by atoms with E-state index >= 15 is 0 Å². The van der Waals surface area contributed by atoms with Crippen LogP contribution in [0.4, 0.5) is 5.69 Å². The van der Waals surface area contributed by atoms with Crippen molar-refractivity contribution in [2.45, 2.75) is 5.16 Å². The van der Waals surface area contributed by atoms with E-state index in [1.807, 2.05) is 30.3 Å². The van der Waals surface area contributed by atoms with Gasteiger partial charge in [0.05, 0.1) is 17.0 Å². The number of phenols is 2. The number of nitrogens with one attached hydrogen (secondary N) is 1. The first-order chi connectivity index (χ1) is 15.4. The average molecular weight is 532 g/mol. The van der Waals surface area contributed by atoms with Crippen LogP contribution in [0, 0.1) is 0 Å². The summed E-state index contributed by atoms with van der Waals surface area (Å²) in [6, 6.07) is 18.9. The Bertz CT molecular complexity index is 1280. The number of carbonyl (C=O) groups is 1. The second-order valence-corrected chi connectivity index (χ2v) is 8.93. The number of carbonyl (C=O) groups excluding carboxylic acids is 1. The minimum atomic E-state index is -0.345. The molecule has 0 saturated carbocycles. The lowest BCUT2D eigenvalue weighted by Crippen LogP contribution is -2.14. The van der Waals surface area contributed by atoms with E-state index in [1.54, 1.807) is 22.8 Å². The molecule has 0 aliphatic carbocycles. The lowest BCUT2D eigenvalue weighted by molar-refractivity contribution is -0.113. The molecule has 1 amide bonds. The quantitative estimate of drug-likeness (QED) is 0.225. The maximum atomic E-state index is 12.5. The molecule has 0 unspecified atom stereocenters. The normalized spacial score (nSPS) is 10.8.